The quantitative estimate of drug-likeness (QED) is 0.641. The lowest BCUT2D eigenvalue weighted by atomic mass is 10.0. The van der Waals surface area contributed by atoms with E-state index in [1.54, 1.807) is 0 Å². The van der Waals surface area contributed by atoms with E-state index < -0.39 is 29.8 Å². The fourth-order valence-corrected chi connectivity index (χ4v) is 2.73. The number of carbonyl (C=O) groups excluding carboxylic acids is 1. The molecular formula is C16H12ClF3N4O. The molecule has 5 nitrogen and oxygen atoms in total. The molecule has 25 heavy (non-hydrogen) atoms. The van der Waals surface area contributed by atoms with Gasteiger partial charge in [0, 0.05) is 23.0 Å². The van der Waals surface area contributed by atoms with Gasteiger partial charge in [-0.1, -0.05) is 11.6 Å². The van der Waals surface area contributed by atoms with Crippen LogP contribution in [0.25, 0.3) is 0 Å². The Bertz CT molecular complexity index is 901. The molecule has 1 aliphatic heterocycles. The van der Waals surface area contributed by atoms with Gasteiger partial charge in [0.05, 0.1) is 17.2 Å². The van der Waals surface area contributed by atoms with Crippen molar-refractivity contribution in [3.63, 3.8) is 0 Å². The van der Waals surface area contributed by atoms with Gasteiger partial charge in [0.15, 0.2) is 0 Å². The van der Waals surface area contributed by atoms with Gasteiger partial charge < -0.3 is 11.1 Å². The smallest absolute Gasteiger partial charge is 0.266 e. The van der Waals surface area contributed by atoms with E-state index in [0.29, 0.717) is 5.56 Å². The molecule has 1 aromatic heterocycles. The summed E-state index contributed by atoms with van der Waals surface area (Å²) < 4.78 is 40.2. The summed E-state index contributed by atoms with van der Waals surface area (Å²) in [6, 6.07) is 2.71. The molecule has 1 amide bonds. The summed E-state index contributed by atoms with van der Waals surface area (Å²) in [7, 11) is 0. The first kappa shape index (κ1) is 17.2. The zero-order valence-electron chi connectivity index (χ0n) is 12.9. The number of hydrogen-bond acceptors (Lipinski definition) is 4. The van der Waals surface area contributed by atoms with Crippen molar-refractivity contribution in [1.29, 1.82) is 0 Å². The predicted molar refractivity (Wildman–Crippen MR) is 87.4 cm³/mol. The highest BCUT2D eigenvalue weighted by atomic mass is 35.5. The van der Waals surface area contributed by atoms with Gasteiger partial charge in [0.2, 0.25) is 0 Å². The van der Waals surface area contributed by atoms with Gasteiger partial charge in [0.1, 0.15) is 16.8 Å². The number of nitrogens with two attached hydrogens (primary N) is 1. The van der Waals surface area contributed by atoms with Crippen molar-refractivity contribution in [2.75, 3.05) is 5.73 Å². The van der Waals surface area contributed by atoms with Crippen molar-refractivity contribution in [2.24, 2.45) is 4.99 Å². The Kier molecular flexibility index (Phi) is 4.38. The monoisotopic (exact) mass is 368 g/mol. The van der Waals surface area contributed by atoms with Gasteiger partial charge >= 0.3 is 0 Å². The molecular weight excluding hydrogens is 357 g/mol. The lowest BCUT2D eigenvalue weighted by Gasteiger charge is -2.14. The van der Waals surface area contributed by atoms with Crippen LogP contribution in [0.4, 0.5) is 18.9 Å². The lowest BCUT2D eigenvalue weighted by molar-refractivity contribution is 0.0983. The van der Waals surface area contributed by atoms with Crippen LogP contribution in [0.1, 0.15) is 46.4 Å². The second-order valence-electron chi connectivity index (χ2n) is 5.47. The molecule has 9 heteroatoms. The number of halogens is 4. The van der Waals surface area contributed by atoms with E-state index in [0.717, 1.165) is 6.07 Å². The topological polar surface area (TPSA) is 80.4 Å². The lowest BCUT2D eigenvalue weighted by Crippen LogP contribution is -2.22. The van der Waals surface area contributed by atoms with Gasteiger partial charge in [-0.05, 0) is 25.1 Å². The number of pyridine rings is 1. The molecule has 3 rings (SSSR count). The summed E-state index contributed by atoms with van der Waals surface area (Å²) in [5, 5.41) is 2.69. The highest BCUT2D eigenvalue weighted by Crippen LogP contribution is 2.32. The maximum absolute atomic E-state index is 14.3. The number of nitrogens with one attached hydrogen (secondary N) is 1. The van der Waals surface area contributed by atoms with Crippen molar-refractivity contribution < 1.29 is 18.0 Å². The van der Waals surface area contributed by atoms with Crippen molar-refractivity contribution in [3.8, 4) is 0 Å². The van der Waals surface area contributed by atoms with Gasteiger partial charge in [0.25, 0.3) is 12.3 Å². The molecule has 0 saturated heterocycles. The highest BCUT2D eigenvalue weighted by molar-refractivity contribution is 6.31. The molecule has 0 radical (unpaired) electrons. The standard InChI is InChI=1S/C16H12ClF3N4O/c1-6(8-2-7(21)3-10(13(8)18)14(19)20)23-15-9-4-12(17)22-5-11(9)16(25)24-15/h2-6,14H,21H2,1H3,(H,23,24,25)/t6-/m1/s1. The largest absolute Gasteiger partial charge is 0.399 e. The van der Waals surface area contributed by atoms with Crippen LogP contribution < -0.4 is 11.1 Å². The Labute approximate surface area is 145 Å². The molecule has 0 aliphatic carbocycles. The summed E-state index contributed by atoms with van der Waals surface area (Å²) in [6.45, 7) is 1.51. The van der Waals surface area contributed by atoms with E-state index in [1.807, 2.05) is 0 Å². The maximum Gasteiger partial charge on any atom is 0.266 e. The molecule has 0 fully saturated rings. The van der Waals surface area contributed by atoms with E-state index in [9.17, 15) is 18.0 Å². The molecule has 0 saturated carbocycles. The Balaban J connectivity index is 2.04. The Morgan fingerprint density at radius 3 is 2.60 bits per heavy atom. The number of benzene rings is 1. The van der Waals surface area contributed by atoms with E-state index >= 15 is 0 Å². The van der Waals surface area contributed by atoms with Crippen LogP contribution in [-0.4, -0.2) is 16.7 Å². The second-order valence-corrected chi connectivity index (χ2v) is 5.86. The molecule has 1 atom stereocenters. The summed E-state index contributed by atoms with van der Waals surface area (Å²) in [5.41, 5.74) is 5.40. The summed E-state index contributed by atoms with van der Waals surface area (Å²) in [5.74, 6) is -1.33. The number of aliphatic imine (C=N–C) groups is 1. The zero-order valence-corrected chi connectivity index (χ0v) is 13.6. The third-order valence-corrected chi connectivity index (χ3v) is 3.97. The minimum Gasteiger partial charge on any atom is -0.399 e. The molecule has 1 aromatic carbocycles. The Hall–Kier alpha value is -2.61. The van der Waals surface area contributed by atoms with E-state index in [2.05, 4.69) is 15.3 Å². The van der Waals surface area contributed by atoms with Crippen molar-refractivity contribution >= 4 is 29.0 Å². The van der Waals surface area contributed by atoms with Gasteiger partial charge in [-0.25, -0.2) is 18.2 Å². The minimum atomic E-state index is -3.00. The normalized spacial score (nSPS) is 16.2. The summed E-state index contributed by atoms with van der Waals surface area (Å²) >= 11 is 5.83. The number of hydrogen-bond donors (Lipinski definition) is 2. The number of anilines is 1. The average molecular weight is 369 g/mol. The third kappa shape index (κ3) is 3.17. The fraction of sp³-hybridized carbons (Fsp3) is 0.188. The first-order chi connectivity index (χ1) is 11.8. The van der Waals surface area contributed by atoms with Gasteiger partial charge in [-0.2, -0.15) is 0 Å². The fourth-order valence-electron chi connectivity index (χ4n) is 2.57. The van der Waals surface area contributed by atoms with Crippen LogP contribution in [0.5, 0.6) is 0 Å². The molecule has 2 aromatic rings. The molecule has 1 aliphatic rings. The highest BCUT2D eigenvalue weighted by Gasteiger charge is 2.27. The number of nitrogens with zero attached hydrogens (tertiary/aromatic N) is 2. The first-order valence-corrected chi connectivity index (χ1v) is 7.57. The minimum absolute atomic E-state index is 0.00171. The average Bonchev–Trinajstić information content (AvgIpc) is 2.84. The van der Waals surface area contributed by atoms with Crippen LogP contribution >= 0.6 is 11.6 Å². The van der Waals surface area contributed by atoms with E-state index in [1.165, 1.54) is 25.3 Å². The third-order valence-electron chi connectivity index (χ3n) is 3.76. The number of alkyl halides is 2. The number of fused-ring (bicyclic) bond motifs is 1. The SMILES string of the molecule is C[C@@H](N=C1NC(=O)c2cnc(Cl)cc21)c1cc(N)cc(C(F)F)c1F. The number of nitrogen functional groups attached to an aromatic ring is 1. The van der Waals surface area contributed by atoms with Crippen LogP contribution in [-0.2, 0) is 0 Å². The number of amidine groups is 1. The second kappa shape index (κ2) is 6.36. The maximum atomic E-state index is 14.3. The molecule has 130 valence electrons. The molecule has 0 unspecified atom stereocenters. The van der Waals surface area contributed by atoms with Crippen molar-refractivity contribution in [3.05, 3.63) is 57.6 Å². The molecule has 0 spiro atoms. The number of aromatic nitrogens is 1. The molecule has 2 heterocycles. The number of carbonyl (C=O) groups is 1. The Morgan fingerprint density at radius 2 is 1.92 bits per heavy atom. The van der Waals surface area contributed by atoms with Crippen LogP contribution in [0.3, 0.4) is 0 Å². The van der Waals surface area contributed by atoms with E-state index in [4.69, 9.17) is 17.3 Å². The predicted octanol–water partition coefficient (Wildman–Crippen LogP) is 3.65. The van der Waals surface area contributed by atoms with Crippen molar-refractivity contribution in [2.45, 2.75) is 19.4 Å². The van der Waals surface area contributed by atoms with Crippen LogP contribution in [0.15, 0.2) is 29.4 Å². The first-order valence-electron chi connectivity index (χ1n) is 7.20. The van der Waals surface area contributed by atoms with Crippen molar-refractivity contribution in [1.82, 2.24) is 10.3 Å². The molecule has 3 N–H and O–H groups in total. The summed E-state index contributed by atoms with van der Waals surface area (Å²) in [4.78, 5) is 20.0. The van der Waals surface area contributed by atoms with Crippen LogP contribution in [0.2, 0.25) is 5.15 Å². The van der Waals surface area contributed by atoms with Gasteiger partial charge in [-0.15, -0.1) is 0 Å². The number of rotatable bonds is 3. The Morgan fingerprint density at radius 1 is 1.24 bits per heavy atom. The van der Waals surface area contributed by atoms with Gasteiger partial charge in [-0.3, -0.25) is 9.79 Å². The molecule has 0 bridgehead atoms. The van der Waals surface area contributed by atoms with E-state index in [-0.39, 0.29) is 27.8 Å². The van der Waals surface area contributed by atoms with Crippen LogP contribution in [0, 0.1) is 5.82 Å². The summed E-state index contributed by atoms with van der Waals surface area (Å²) in [6.07, 6.45) is -1.70. The zero-order chi connectivity index (χ0) is 18.3. The number of amides is 1.